The van der Waals surface area contributed by atoms with E-state index >= 15 is 0 Å². The first kappa shape index (κ1) is 12.6. The van der Waals surface area contributed by atoms with Gasteiger partial charge in [0.1, 0.15) is 11.5 Å². The molecule has 1 aromatic rings. The number of nitrogens with one attached hydrogen (secondary N) is 1. The summed E-state index contributed by atoms with van der Waals surface area (Å²) in [4.78, 5) is 0. The van der Waals surface area contributed by atoms with Crippen LogP contribution in [0.5, 0.6) is 11.5 Å². The molecule has 1 aliphatic rings. The largest absolute Gasteiger partial charge is 0.507 e. The summed E-state index contributed by atoms with van der Waals surface area (Å²) in [6.07, 6.45) is 2.45. The molecule has 3 nitrogen and oxygen atoms in total. The van der Waals surface area contributed by atoms with Gasteiger partial charge in [0.15, 0.2) is 0 Å². The molecule has 0 bridgehead atoms. The van der Waals surface area contributed by atoms with Gasteiger partial charge in [0.05, 0.1) is 7.11 Å². The maximum atomic E-state index is 9.83. The first-order valence-corrected chi connectivity index (χ1v) is 7.12. The van der Waals surface area contributed by atoms with E-state index in [4.69, 9.17) is 4.74 Å². The van der Waals surface area contributed by atoms with E-state index in [-0.39, 0.29) is 0 Å². The maximum absolute atomic E-state index is 9.83. The van der Waals surface area contributed by atoms with Crippen molar-refractivity contribution in [3.05, 3.63) is 23.8 Å². The number of phenolic OH excluding ortho intramolecular Hbond substituents is 1. The van der Waals surface area contributed by atoms with Crippen LogP contribution in [-0.4, -0.2) is 29.8 Å². The molecular weight excluding hydrogens is 234 g/mol. The SMILES string of the molecule is COc1ccc(CNC2CCSCC2)c(O)c1. The van der Waals surface area contributed by atoms with Gasteiger partial charge in [-0.15, -0.1) is 0 Å². The molecule has 1 fully saturated rings. The Morgan fingerprint density at radius 1 is 1.41 bits per heavy atom. The third-order valence-corrected chi connectivity index (χ3v) is 4.14. The predicted octanol–water partition coefficient (Wildman–Crippen LogP) is 2.39. The second kappa shape index (κ2) is 6.17. The summed E-state index contributed by atoms with van der Waals surface area (Å²) >= 11 is 2.02. The Bertz CT molecular complexity index is 364. The topological polar surface area (TPSA) is 41.5 Å². The van der Waals surface area contributed by atoms with Crippen LogP contribution in [0.1, 0.15) is 18.4 Å². The summed E-state index contributed by atoms with van der Waals surface area (Å²) in [7, 11) is 1.60. The molecule has 1 heterocycles. The van der Waals surface area contributed by atoms with Crippen molar-refractivity contribution in [2.45, 2.75) is 25.4 Å². The van der Waals surface area contributed by atoms with Crippen molar-refractivity contribution in [2.24, 2.45) is 0 Å². The quantitative estimate of drug-likeness (QED) is 0.864. The molecule has 0 spiro atoms. The molecule has 17 heavy (non-hydrogen) atoms. The normalized spacial score (nSPS) is 17.0. The molecule has 1 aliphatic heterocycles. The van der Waals surface area contributed by atoms with Crippen molar-refractivity contribution < 1.29 is 9.84 Å². The van der Waals surface area contributed by atoms with Gasteiger partial charge >= 0.3 is 0 Å². The van der Waals surface area contributed by atoms with Crippen molar-refractivity contribution >= 4 is 11.8 Å². The molecule has 0 radical (unpaired) electrons. The van der Waals surface area contributed by atoms with E-state index in [0.29, 0.717) is 17.5 Å². The van der Waals surface area contributed by atoms with Crippen LogP contribution in [0.2, 0.25) is 0 Å². The summed E-state index contributed by atoms with van der Waals surface area (Å²) in [6.45, 7) is 0.727. The van der Waals surface area contributed by atoms with Gasteiger partial charge < -0.3 is 15.2 Å². The number of methoxy groups -OCH3 is 1. The van der Waals surface area contributed by atoms with Crippen molar-refractivity contribution in [3.8, 4) is 11.5 Å². The van der Waals surface area contributed by atoms with Crippen LogP contribution < -0.4 is 10.1 Å². The highest BCUT2D eigenvalue weighted by molar-refractivity contribution is 7.99. The Morgan fingerprint density at radius 2 is 2.18 bits per heavy atom. The van der Waals surface area contributed by atoms with Crippen LogP contribution in [-0.2, 0) is 6.54 Å². The Hall–Kier alpha value is -0.870. The lowest BCUT2D eigenvalue weighted by molar-refractivity contribution is 0.404. The van der Waals surface area contributed by atoms with Crippen LogP contribution in [0.3, 0.4) is 0 Å². The average Bonchev–Trinajstić information content (AvgIpc) is 2.38. The lowest BCUT2D eigenvalue weighted by atomic mass is 10.1. The van der Waals surface area contributed by atoms with Crippen molar-refractivity contribution in [2.75, 3.05) is 18.6 Å². The smallest absolute Gasteiger partial charge is 0.123 e. The van der Waals surface area contributed by atoms with E-state index in [2.05, 4.69) is 5.32 Å². The van der Waals surface area contributed by atoms with Gasteiger partial charge in [-0.3, -0.25) is 0 Å². The number of hydrogen-bond acceptors (Lipinski definition) is 4. The number of hydrogen-bond donors (Lipinski definition) is 2. The van der Waals surface area contributed by atoms with E-state index in [1.54, 1.807) is 13.2 Å². The monoisotopic (exact) mass is 253 g/mol. The van der Waals surface area contributed by atoms with Gasteiger partial charge in [0.2, 0.25) is 0 Å². The number of rotatable bonds is 4. The highest BCUT2D eigenvalue weighted by atomic mass is 32.2. The molecule has 1 aromatic carbocycles. The fourth-order valence-corrected chi connectivity index (χ4v) is 3.08. The number of thioether (sulfide) groups is 1. The summed E-state index contributed by atoms with van der Waals surface area (Å²) in [6, 6.07) is 6.05. The van der Waals surface area contributed by atoms with Crippen LogP contribution >= 0.6 is 11.8 Å². The summed E-state index contributed by atoms with van der Waals surface area (Å²) in [5.41, 5.74) is 0.934. The Balaban J connectivity index is 1.89. The van der Waals surface area contributed by atoms with E-state index in [1.807, 2.05) is 23.9 Å². The van der Waals surface area contributed by atoms with Gasteiger partial charge in [0, 0.05) is 24.2 Å². The van der Waals surface area contributed by atoms with Gasteiger partial charge in [-0.25, -0.2) is 0 Å². The zero-order chi connectivity index (χ0) is 12.1. The molecule has 1 saturated heterocycles. The number of benzene rings is 1. The molecule has 2 rings (SSSR count). The molecule has 0 saturated carbocycles. The second-order valence-electron chi connectivity index (χ2n) is 4.26. The van der Waals surface area contributed by atoms with Crippen LogP contribution in [0, 0.1) is 0 Å². The minimum atomic E-state index is 0.307. The molecule has 4 heteroatoms. The molecule has 0 aliphatic carbocycles. The molecule has 0 aromatic heterocycles. The Morgan fingerprint density at radius 3 is 2.82 bits per heavy atom. The van der Waals surface area contributed by atoms with Crippen LogP contribution in [0.15, 0.2) is 18.2 Å². The van der Waals surface area contributed by atoms with Crippen molar-refractivity contribution in [3.63, 3.8) is 0 Å². The molecule has 0 atom stereocenters. The Kier molecular flexibility index (Phi) is 4.57. The minimum absolute atomic E-state index is 0.307. The molecule has 2 N–H and O–H groups in total. The standard InChI is InChI=1S/C13H19NO2S/c1-16-12-3-2-10(13(15)8-12)9-14-11-4-6-17-7-5-11/h2-3,8,11,14-15H,4-7,9H2,1H3. The molecular formula is C13H19NO2S. The third-order valence-electron chi connectivity index (χ3n) is 3.09. The van der Waals surface area contributed by atoms with Gasteiger partial charge in [-0.1, -0.05) is 6.07 Å². The average molecular weight is 253 g/mol. The van der Waals surface area contributed by atoms with Crippen molar-refractivity contribution in [1.29, 1.82) is 0 Å². The van der Waals surface area contributed by atoms with E-state index in [1.165, 1.54) is 24.3 Å². The fourth-order valence-electron chi connectivity index (χ4n) is 1.98. The predicted molar refractivity (Wildman–Crippen MR) is 71.8 cm³/mol. The third kappa shape index (κ3) is 3.54. The highest BCUT2D eigenvalue weighted by Gasteiger charge is 2.13. The van der Waals surface area contributed by atoms with E-state index < -0.39 is 0 Å². The van der Waals surface area contributed by atoms with Crippen LogP contribution in [0.25, 0.3) is 0 Å². The highest BCUT2D eigenvalue weighted by Crippen LogP contribution is 2.24. The number of phenols is 1. The summed E-state index contributed by atoms with van der Waals surface area (Å²) in [5.74, 6) is 3.49. The first-order valence-electron chi connectivity index (χ1n) is 5.96. The first-order chi connectivity index (χ1) is 8.29. The van der Waals surface area contributed by atoms with Crippen LogP contribution in [0.4, 0.5) is 0 Å². The van der Waals surface area contributed by atoms with E-state index in [9.17, 15) is 5.11 Å². The molecule has 94 valence electrons. The van der Waals surface area contributed by atoms with Gasteiger partial charge in [-0.05, 0) is 30.4 Å². The number of aromatic hydroxyl groups is 1. The molecule has 0 amide bonds. The van der Waals surface area contributed by atoms with E-state index in [0.717, 1.165) is 12.1 Å². The zero-order valence-electron chi connectivity index (χ0n) is 10.1. The van der Waals surface area contributed by atoms with Crippen molar-refractivity contribution in [1.82, 2.24) is 5.32 Å². The second-order valence-corrected chi connectivity index (χ2v) is 5.49. The van der Waals surface area contributed by atoms with Gasteiger partial charge in [0.25, 0.3) is 0 Å². The summed E-state index contributed by atoms with van der Waals surface area (Å²) in [5, 5.41) is 13.3. The minimum Gasteiger partial charge on any atom is -0.507 e. The lowest BCUT2D eigenvalue weighted by Crippen LogP contribution is -2.32. The zero-order valence-corrected chi connectivity index (χ0v) is 10.9. The lowest BCUT2D eigenvalue weighted by Gasteiger charge is -2.22. The maximum Gasteiger partial charge on any atom is 0.123 e. The van der Waals surface area contributed by atoms with Gasteiger partial charge in [-0.2, -0.15) is 11.8 Å². The summed E-state index contributed by atoms with van der Waals surface area (Å²) < 4.78 is 5.06. The fraction of sp³-hybridized carbons (Fsp3) is 0.538. The molecule has 0 unspecified atom stereocenters. The number of ether oxygens (including phenoxy) is 1. The Labute approximate surface area is 107 Å².